The average Bonchev–Trinajstić information content (AvgIpc) is 3.25. The largest absolute Gasteiger partial charge is 0.484 e. The molecule has 12 nitrogen and oxygen atoms in total. The van der Waals surface area contributed by atoms with E-state index >= 15 is 0 Å². The van der Waals surface area contributed by atoms with E-state index in [2.05, 4.69) is 30.8 Å². The van der Waals surface area contributed by atoms with Crippen LogP contribution in [-0.4, -0.2) is 70.9 Å². The maximum absolute atomic E-state index is 13.9. The van der Waals surface area contributed by atoms with E-state index in [1.54, 1.807) is 45.9 Å². The number of hydrogen-bond acceptors (Lipinski definition) is 11. The first-order valence-corrected chi connectivity index (χ1v) is 12.0. The van der Waals surface area contributed by atoms with Crippen molar-refractivity contribution in [3.63, 3.8) is 0 Å². The molecule has 0 saturated carbocycles. The van der Waals surface area contributed by atoms with E-state index in [0.29, 0.717) is 37.0 Å². The molecule has 13 heteroatoms. The van der Waals surface area contributed by atoms with E-state index < -0.39 is 23.2 Å². The maximum Gasteiger partial charge on any atom is 0.305 e. The van der Waals surface area contributed by atoms with E-state index in [9.17, 15) is 14.7 Å². The maximum atomic E-state index is 13.9. The molecule has 1 aliphatic heterocycles. The van der Waals surface area contributed by atoms with Gasteiger partial charge in [0.25, 0.3) is 0 Å². The third-order valence-electron chi connectivity index (χ3n) is 6.50. The Labute approximate surface area is 212 Å². The fourth-order valence-electron chi connectivity index (χ4n) is 4.21. The lowest BCUT2D eigenvalue weighted by atomic mass is 9.71. The monoisotopic (exact) mass is 517 g/mol. The molecule has 0 bridgehead atoms. The zero-order chi connectivity index (χ0) is 26.1. The SMILES string of the molecule is CCOC(=O)CCCn1nnnc1C1C=CC2=C(C1=O)C(Nc1ccnc(Cl)n1)C(C)(O)C(C)(C)O2. The Morgan fingerprint density at radius 1 is 1.36 bits per heavy atom. The van der Waals surface area contributed by atoms with E-state index in [1.165, 1.54) is 10.9 Å². The minimum absolute atomic E-state index is 0.0231. The van der Waals surface area contributed by atoms with Crippen LogP contribution < -0.4 is 5.32 Å². The number of nitrogens with one attached hydrogen (secondary N) is 1. The smallest absolute Gasteiger partial charge is 0.305 e. The quantitative estimate of drug-likeness (QED) is 0.390. The van der Waals surface area contributed by atoms with E-state index in [0.717, 1.165) is 0 Å². The van der Waals surface area contributed by atoms with Crippen molar-refractivity contribution in [2.75, 3.05) is 11.9 Å². The zero-order valence-corrected chi connectivity index (χ0v) is 21.2. The van der Waals surface area contributed by atoms with Crippen molar-refractivity contribution in [2.45, 2.75) is 70.2 Å². The number of carbonyl (C=O) groups excluding carboxylic acids is 2. The Balaban J connectivity index is 1.63. The third-order valence-corrected chi connectivity index (χ3v) is 6.68. The first-order valence-electron chi connectivity index (χ1n) is 11.6. The molecular formula is C23H28ClN7O5. The van der Waals surface area contributed by atoms with Crippen LogP contribution in [0.25, 0.3) is 0 Å². The highest BCUT2D eigenvalue weighted by molar-refractivity contribution is 6.28. The van der Waals surface area contributed by atoms with E-state index in [-0.39, 0.29) is 29.0 Å². The normalized spacial score (nSPS) is 24.8. The number of tetrazole rings is 1. The number of Topliss-reactive ketones (excluding diaryl/α,β-unsaturated/α-hetero) is 1. The van der Waals surface area contributed by atoms with Crippen molar-refractivity contribution in [1.82, 2.24) is 30.2 Å². The molecule has 2 aromatic heterocycles. The Morgan fingerprint density at radius 3 is 2.86 bits per heavy atom. The fraction of sp³-hybridized carbons (Fsp3) is 0.522. The van der Waals surface area contributed by atoms with E-state index in [4.69, 9.17) is 21.1 Å². The number of aromatic nitrogens is 6. The standard InChI is InChI=1S/C23H28ClN7O5/c1-5-35-16(32)7-6-12-31-20(28-29-30-31)13-8-9-14-17(18(13)33)19(23(4,34)22(2,3)36-14)26-15-10-11-25-21(24)27-15/h8-11,13,19,34H,5-7,12H2,1-4H3,(H,25,26,27). The number of aryl methyl sites for hydroxylation is 1. The zero-order valence-electron chi connectivity index (χ0n) is 20.4. The number of carbonyl (C=O) groups is 2. The van der Waals surface area contributed by atoms with Gasteiger partial charge in [-0.15, -0.1) is 5.10 Å². The van der Waals surface area contributed by atoms with Crippen LogP contribution in [0.2, 0.25) is 5.28 Å². The minimum Gasteiger partial charge on any atom is -0.484 e. The van der Waals surface area contributed by atoms with Gasteiger partial charge in [0.15, 0.2) is 11.6 Å². The highest BCUT2D eigenvalue weighted by Gasteiger charge is 2.56. The highest BCUT2D eigenvalue weighted by Crippen LogP contribution is 2.44. The van der Waals surface area contributed by atoms with E-state index in [1.807, 2.05) is 0 Å². The van der Waals surface area contributed by atoms with Crippen LogP contribution >= 0.6 is 11.6 Å². The average molecular weight is 518 g/mol. The Bertz CT molecular complexity index is 1220. The fourth-order valence-corrected chi connectivity index (χ4v) is 4.36. The summed E-state index contributed by atoms with van der Waals surface area (Å²) < 4.78 is 12.5. The van der Waals surface area contributed by atoms with Crippen molar-refractivity contribution < 1.29 is 24.2 Å². The number of aliphatic hydroxyl groups is 1. The van der Waals surface area contributed by atoms with Crippen molar-refractivity contribution >= 4 is 29.2 Å². The molecule has 0 radical (unpaired) electrons. The summed E-state index contributed by atoms with van der Waals surface area (Å²) in [6, 6.07) is 0.699. The molecule has 2 aromatic rings. The van der Waals surface area contributed by atoms with Crippen molar-refractivity contribution in [1.29, 1.82) is 0 Å². The number of hydrogen-bond donors (Lipinski definition) is 2. The molecule has 3 heterocycles. The molecule has 1 aliphatic carbocycles. The summed E-state index contributed by atoms with van der Waals surface area (Å²) in [5, 5.41) is 26.5. The van der Waals surface area contributed by atoms with Crippen LogP contribution in [0, 0.1) is 0 Å². The summed E-state index contributed by atoms with van der Waals surface area (Å²) in [5.41, 5.74) is -2.34. The van der Waals surface area contributed by atoms with Gasteiger partial charge in [0.05, 0.1) is 18.2 Å². The molecule has 0 spiro atoms. The summed E-state index contributed by atoms with van der Waals surface area (Å²) in [4.78, 5) is 33.6. The molecule has 36 heavy (non-hydrogen) atoms. The Morgan fingerprint density at radius 2 is 2.14 bits per heavy atom. The molecule has 0 aromatic carbocycles. The second-order valence-corrected chi connectivity index (χ2v) is 9.53. The van der Waals surface area contributed by atoms with Gasteiger partial charge in [-0.3, -0.25) is 9.59 Å². The molecule has 3 atom stereocenters. The second-order valence-electron chi connectivity index (χ2n) is 9.20. The van der Waals surface area contributed by atoms with Gasteiger partial charge in [0.2, 0.25) is 5.28 Å². The second kappa shape index (κ2) is 9.94. The van der Waals surface area contributed by atoms with Gasteiger partial charge in [0.1, 0.15) is 28.7 Å². The molecule has 2 N–H and O–H groups in total. The van der Waals surface area contributed by atoms with Crippen LogP contribution in [-0.2, 0) is 25.6 Å². The van der Waals surface area contributed by atoms with Crippen molar-refractivity contribution in [2.24, 2.45) is 0 Å². The number of nitrogens with zero attached hydrogens (tertiary/aromatic N) is 6. The first kappa shape index (κ1) is 25.7. The highest BCUT2D eigenvalue weighted by atomic mass is 35.5. The summed E-state index contributed by atoms with van der Waals surface area (Å²) in [6.07, 6.45) is 5.49. The number of rotatable bonds is 8. The predicted molar refractivity (Wildman–Crippen MR) is 128 cm³/mol. The molecular weight excluding hydrogens is 490 g/mol. The van der Waals surface area contributed by atoms with Gasteiger partial charge in [-0.1, -0.05) is 6.08 Å². The van der Waals surface area contributed by atoms with Crippen LogP contribution in [0.5, 0.6) is 0 Å². The van der Waals surface area contributed by atoms with Gasteiger partial charge in [-0.2, -0.15) is 0 Å². The van der Waals surface area contributed by atoms with Gasteiger partial charge in [-0.25, -0.2) is 14.6 Å². The minimum atomic E-state index is -1.53. The molecule has 3 unspecified atom stereocenters. The number of halogens is 1. The lowest BCUT2D eigenvalue weighted by Crippen LogP contribution is -2.64. The van der Waals surface area contributed by atoms with Crippen LogP contribution in [0.4, 0.5) is 5.82 Å². The van der Waals surface area contributed by atoms with Gasteiger partial charge in [0, 0.05) is 19.2 Å². The van der Waals surface area contributed by atoms with Crippen LogP contribution in [0.15, 0.2) is 35.7 Å². The molecule has 4 rings (SSSR count). The summed E-state index contributed by atoms with van der Waals surface area (Å²) in [7, 11) is 0. The van der Waals surface area contributed by atoms with Crippen molar-refractivity contribution in [3.8, 4) is 0 Å². The summed E-state index contributed by atoms with van der Waals surface area (Å²) in [6.45, 7) is 7.47. The van der Waals surface area contributed by atoms with Crippen LogP contribution in [0.1, 0.15) is 52.3 Å². The lowest BCUT2D eigenvalue weighted by molar-refractivity contribution is -0.153. The number of allylic oxidation sites excluding steroid dienone is 2. The van der Waals surface area contributed by atoms with Gasteiger partial charge in [-0.05, 0) is 68.3 Å². The molecule has 192 valence electrons. The topological polar surface area (TPSA) is 154 Å². The molecule has 0 fully saturated rings. The first-order chi connectivity index (χ1) is 17.0. The molecule has 0 saturated heterocycles. The van der Waals surface area contributed by atoms with Gasteiger partial charge < -0.3 is 19.9 Å². The predicted octanol–water partition coefficient (Wildman–Crippen LogP) is 1.98. The number of ketones is 1. The molecule has 0 amide bonds. The summed E-state index contributed by atoms with van der Waals surface area (Å²) in [5.74, 6) is -0.458. The molecule has 2 aliphatic rings. The summed E-state index contributed by atoms with van der Waals surface area (Å²) >= 11 is 5.95. The number of anilines is 1. The Hall–Kier alpha value is -3.38. The van der Waals surface area contributed by atoms with Crippen LogP contribution in [0.3, 0.4) is 0 Å². The number of esters is 1. The lowest BCUT2D eigenvalue weighted by Gasteiger charge is -2.50. The number of ether oxygens (including phenoxy) is 2. The third kappa shape index (κ3) is 4.82. The van der Waals surface area contributed by atoms with Gasteiger partial charge >= 0.3 is 5.97 Å². The van der Waals surface area contributed by atoms with Crippen molar-refractivity contribution in [3.05, 3.63) is 46.9 Å². The Kier molecular flexibility index (Phi) is 7.10.